The van der Waals surface area contributed by atoms with Gasteiger partial charge in [0.25, 0.3) is 0 Å². The summed E-state index contributed by atoms with van der Waals surface area (Å²) < 4.78 is 0. The van der Waals surface area contributed by atoms with Crippen LogP contribution in [0.4, 0.5) is 0 Å². The van der Waals surface area contributed by atoms with Gasteiger partial charge in [-0.05, 0) is 57.8 Å². The highest BCUT2D eigenvalue weighted by Gasteiger charge is 2.02. The van der Waals surface area contributed by atoms with Crippen LogP contribution < -0.4 is 0 Å². The Morgan fingerprint density at radius 2 is 1.28 bits per heavy atom. The molecule has 0 aromatic carbocycles. The number of hydrogen-bond acceptors (Lipinski definition) is 1. The molecule has 0 aromatic rings. The molecule has 1 nitrogen and oxygen atoms in total. The first-order valence-corrected chi connectivity index (χ1v) is 11.2. The Bertz CT molecular complexity index is 305. The number of rotatable bonds is 19. The first-order valence-electron chi connectivity index (χ1n) is 11.2. The Balaban J connectivity index is 3.22. The molecule has 0 amide bonds. The van der Waals surface area contributed by atoms with E-state index in [0.29, 0.717) is 0 Å². The summed E-state index contributed by atoms with van der Waals surface area (Å²) in [5, 5.41) is 9.56. The molecule has 0 radical (unpaired) electrons. The van der Waals surface area contributed by atoms with Crippen molar-refractivity contribution in [1.29, 1.82) is 0 Å². The van der Waals surface area contributed by atoms with Crippen LogP contribution in [0.25, 0.3) is 0 Å². The highest BCUT2D eigenvalue weighted by Crippen LogP contribution is 2.16. The number of aliphatic hydroxyl groups is 1. The minimum atomic E-state index is -0.133. The van der Waals surface area contributed by atoms with E-state index in [1.807, 2.05) is 6.92 Å². The van der Waals surface area contributed by atoms with Crippen molar-refractivity contribution in [2.75, 3.05) is 0 Å². The molecule has 0 aromatic heterocycles. The smallest absolute Gasteiger partial charge is 0.0540 e. The van der Waals surface area contributed by atoms with Crippen LogP contribution in [-0.2, 0) is 0 Å². The summed E-state index contributed by atoms with van der Waals surface area (Å²) >= 11 is 0. The van der Waals surface area contributed by atoms with E-state index in [0.717, 1.165) is 25.7 Å². The molecule has 0 aliphatic heterocycles. The number of unbranched alkanes of at least 4 members (excludes halogenated alkanes) is 11. The highest BCUT2D eigenvalue weighted by atomic mass is 16.3. The van der Waals surface area contributed by atoms with Gasteiger partial charge in [0.2, 0.25) is 0 Å². The summed E-state index contributed by atoms with van der Waals surface area (Å²) in [5.41, 5.74) is 1.32. The van der Waals surface area contributed by atoms with Crippen LogP contribution >= 0.6 is 0 Å². The lowest BCUT2D eigenvalue weighted by molar-refractivity contribution is 0.160. The van der Waals surface area contributed by atoms with Crippen molar-refractivity contribution in [3.05, 3.63) is 24.3 Å². The van der Waals surface area contributed by atoms with Crippen molar-refractivity contribution in [2.45, 2.75) is 129 Å². The van der Waals surface area contributed by atoms with Gasteiger partial charge < -0.3 is 5.11 Å². The lowest BCUT2D eigenvalue weighted by atomic mass is 10.0. The Kier molecular flexibility index (Phi) is 19.3. The van der Waals surface area contributed by atoms with Gasteiger partial charge in [0.1, 0.15) is 0 Å². The maximum absolute atomic E-state index is 9.56. The third-order valence-corrected chi connectivity index (χ3v) is 5.09. The Hall–Kier alpha value is -0.560. The standard InChI is InChI=1S/C24H46O/c1-4-6-7-8-9-10-11-12-13-14-15-16-17-18-19-20-23(3)21-22-24(25)5-2/h12-13,24-25H,3-11,14-22H2,1-2H3/b13-12-. The van der Waals surface area contributed by atoms with Crippen LogP contribution in [0.2, 0.25) is 0 Å². The summed E-state index contributed by atoms with van der Waals surface area (Å²) in [6.45, 7) is 8.46. The summed E-state index contributed by atoms with van der Waals surface area (Å²) in [4.78, 5) is 0. The van der Waals surface area contributed by atoms with Gasteiger partial charge in [-0.2, -0.15) is 0 Å². The SMILES string of the molecule is C=C(CCCCCCC/C=C\CCCCCCCC)CCC(O)CC. The first kappa shape index (κ1) is 24.4. The molecule has 1 atom stereocenters. The molecule has 0 bridgehead atoms. The van der Waals surface area contributed by atoms with Gasteiger partial charge in [-0.1, -0.05) is 89.5 Å². The normalized spacial score (nSPS) is 12.8. The molecule has 0 fully saturated rings. The van der Waals surface area contributed by atoms with Gasteiger partial charge >= 0.3 is 0 Å². The lowest BCUT2D eigenvalue weighted by Gasteiger charge is -2.09. The van der Waals surface area contributed by atoms with Crippen molar-refractivity contribution >= 4 is 0 Å². The van der Waals surface area contributed by atoms with Crippen molar-refractivity contribution < 1.29 is 5.11 Å². The van der Waals surface area contributed by atoms with Crippen molar-refractivity contribution in [3.63, 3.8) is 0 Å². The molecule has 0 aliphatic rings. The number of hydrogen-bond donors (Lipinski definition) is 1. The van der Waals surface area contributed by atoms with Crippen LogP contribution in [0, 0.1) is 0 Å². The topological polar surface area (TPSA) is 20.2 Å². The van der Waals surface area contributed by atoms with E-state index in [4.69, 9.17) is 0 Å². The summed E-state index contributed by atoms with van der Waals surface area (Å²) in [6.07, 6.45) is 26.2. The van der Waals surface area contributed by atoms with Gasteiger partial charge in [-0.15, -0.1) is 0 Å². The van der Waals surface area contributed by atoms with Crippen LogP contribution in [0.15, 0.2) is 24.3 Å². The fourth-order valence-corrected chi connectivity index (χ4v) is 3.15. The van der Waals surface area contributed by atoms with Crippen molar-refractivity contribution in [1.82, 2.24) is 0 Å². The molecular formula is C24H46O. The maximum Gasteiger partial charge on any atom is 0.0540 e. The van der Waals surface area contributed by atoms with Gasteiger partial charge in [0, 0.05) is 0 Å². The zero-order valence-corrected chi connectivity index (χ0v) is 17.4. The molecule has 0 rings (SSSR count). The van der Waals surface area contributed by atoms with Crippen LogP contribution in [0.3, 0.4) is 0 Å². The summed E-state index contributed by atoms with van der Waals surface area (Å²) in [6, 6.07) is 0. The molecular weight excluding hydrogens is 304 g/mol. The highest BCUT2D eigenvalue weighted by molar-refractivity contribution is 4.94. The fourth-order valence-electron chi connectivity index (χ4n) is 3.15. The third kappa shape index (κ3) is 19.6. The monoisotopic (exact) mass is 350 g/mol. The van der Waals surface area contributed by atoms with Gasteiger partial charge in [-0.25, -0.2) is 0 Å². The summed E-state index contributed by atoms with van der Waals surface area (Å²) in [5.74, 6) is 0. The fraction of sp³-hybridized carbons (Fsp3) is 0.833. The second-order valence-electron chi connectivity index (χ2n) is 7.69. The molecule has 25 heavy (non-hydrogen) atoms. The number of aliphatic hydroxyl groups excluding tert-OH is 1. The second-order valence-corrected chi connectivity index (χ2v) is 7.69. The molecule has 1 unspecified atom stereocenters. The lowest BCUT2D eigenvalue weighted by Crippen LogP contribution is -2.04. The van der Waals surface area contributed by atoms with E-state index in [1.165, 1.54) is 89.0 Å². The average Bonchev–Trinajstić information content (AvgIpc) is 2.62. The molecule has 0 spiro atoms. The quantitative estimate of drug-likeness (QED) is 0.184. The average molecular weight is 351 g/mol. The molecule has 0 saturated carbocycles. The van der Waals surface area contributed by atoms with Crippen molar-refractivity contribution in [2.24, 2.45) is 0 Å². The van der Waals surface area contributed by atoms with E-state index < -0.39 is 0 Å². The first-order chi connectivity index (χ1) is 12.2. The predicted molar refractivity (Wildman–Crippen MR) is 114 cm³/mol. The zero-order chi connectivity index (χ0) is 18.6. The molecule has 0 saturated heterocycles. The molecule has 0 aliphatic carbocycles. The van der Waals surface area contributed by atoms with Crippen LogP contribution in [-0.4, -0.2) is 11.2 Å². The predicted octanol–water partition coefficient (Wildman–Crippen LogP) is 8.13. The Morgan fingerprint density at radius 3 is 1.84 bits per heavy atom. The van der Waals surface area contributed by atoms with Gasteiger partial charge in [0.15, 0.2) is 0 Å². The van der Waals surface area contributed by atoms with Crippen LogP contribution in [0.1, 0.15) is 123 Å². The van der Waals surface area contributed by atoms with E-state index >= 15 is 0 Å². The van der Waals surface area contributed by atoms with E-state index in [1.54, 1.807) is 0 Å². The molecule has 1 N–H and O–H groups in total. The minimum Gasteiger partial charge on any atom is -0.393 e. The summed E-state index contributed by atoms with van der Waals surface area (Å²) in [7, 11) is 0. The molecule has 148 valence electrons. The van der Waals surface area contributed by atoms with Crippen LogP contribution in [0.5, 0.6) is 0 Å². The Labute approximate surface area is 159 Å². The minimum absolute atomic E-state index is 0.133. The second kappa shape index (κ2) is 19.8. The van der Waals surface area contributed by atoms with E-state index in [-0.39, 0.29) is 6.10 Å². The zero-order valence-electron chi connectivity index (χ0n) is 17.4. The third-order valence-electron chi connectivity index (χ3n) is 5.09. The van der Waals surface area contributed by atoms with E-state index in [2.05, 4.69) is 25.7 Å². The Morgan fingerprint density at radius 1 is 0.760 bits per heavy atom. The maximum atomic E-state index is 9.56. The molecule has 1 heteroatoms. The van der Waals surface area contributed by atoms with E-state index in [9.17, 15) is 5.11 Å². The van der Waals surface area contributed by atoms with Gasteiger partial charge in [-0.3, -0.25) is 0 Å². The largest absolute Gasteiger partial charge is 0.393 e. The number of allylic oxidation sites excluding steroid dienone is 3. The van der Waals surface area contributed by atoms with Gasteiger partial charge in [0.05, 0.1) is 6.10 Å². The van der Waals surface area contributed by atoms with Crippen molar-refractivity contribution in [3.8, 4) is 0 Å². The molecule has 0 heterocycles.